The number of thiophene rings is 1. The maximum atomic E-state index is 12.2. The summed E-state index contributed by atoms with van der Waals surface area (Å²) in [7, 11) is 1.57. The number of hydrogen-bond acceptors (Lipinski definition) is 5. The smallest absolute Gasteiger partial charge is 0.225 e. The number of fused-ring (bicyclic) bond motifs is 1. The molecule has 25 heavy (non-hydrogen) atoms. The lowest BCUT2D eigenvalue weighted by molar-refractivity contribution is -0.116. The molecule has 1 aromatic heterocycles. The second-order valence-electron chi connectivity index (χ2n) is 5.87. The minimum atomic E-state index is -0.238. The van der Waals surface area contributed by atoms with Crippen molar-refractivity contribution >= 4 is 28.0 Å². The molecule has 128 valence electrons. The van der Waals surface area contributed by atoms with Gasteiger partial charge in [0, 0.05) is 23.3 Å². The molecule has 0 bridgehead atoms. The van der Waals surface area contributed by atoms with Crippen LogP contribution < -0.4 is 10.1 Å². The van der Waals surface area contributed by atoms with Crippen molar-refractivity contribution in [2.45, 2.75) is 32.1 Å². The largest absolute Gasteiger partial charge is 0.497 e. The van der Waals surface area contributed by atoms with Gasteiger partial charge in [0.2, 0.25) is 5.91 Å². The summed E-state index contributed by atoms with van der Waals surface area (Å²) in [5.41, 5.74) is 2.23. The average Bonchev–Trinajstić information content (AvgIpc) is 3.20. The lowest BCUT2D eigenvalue weighted by atomic mass is 10.1. The van der Waals surface area contributed by atoms with E-state index in [9.17, 15) is 14.9 Å². The fourth-order valence-electron chi connectivity index (χ4n) is 2.95. The predicted molar refractivity (Wildman–Crippen MR) is 96.2 cm³/mol. The summed E-state index contributed by atoms with van der Waals surface area (Å²) in [6.45, 7) is 0. The van der Waals surface area contributed by atoms with Crippen molar-refractivity contribution in [3.05, 3.63) is 45.8 Å². The summed E-state index contributed by atoms with van der Waals surface area (Å²) in [5.74, 6) is 0.356. The highest BCUT2D eigenvalue weighted by atomic mass is 32.1. The Bertz CT molecular complexity index is 847. The molecule has 0 spiro atoms. The zero-order valence-corrected chi connectivity index (χ0v) is 14.7. The minimum absolute atomic E-state index is 0.0908. The summed E-state index contributed by atoms with van der Waals surface area (Å²) in [4.78, 5) is 25.5. The molecule has 0 saturated carbocycles. The van der Waals surface area contributed by atoms with E-state index in [1.54, 1.807) is 31.4 Å². The molecular weight excluding hydrogens is 336 g/mol. The number of nitrogens with one attached hydrogen (secondary N) is 1. The number of carbonyl (C=O) groups is 2. The number of rotatable bonds is 6. The van der Waals surface area contributed by atoms with E-state index in [0.717, 1.165) is 24.8 Å². The molecule has 3 rings (SSSR count). The van der Waals surface area contributed by atoms with Gasteiger partial charge in [-0.05, 0) is 49.1 Å². The highest BCUT2D eigenvalue weighted by Gasteiger charge is 2.23. The van der Waals surface area contributed by atoms with Gasteiger partial charge in [-0.2, -0.15) is 5.26 Å². The Morgan fingerprint density at radius 3 is 2.68 bits per heavy atom. The quantitative estimate of drug-likeness (QED) is 0.802. The molecule has 2 aromatic rings. The van der Waals surface area contributed by atoms with Crippen LogP contribution in [0.3, 0.4) is 0 Å². The maximum Gasteiger partial charge on any atom is 0.225 e. The Balaban J connectivity index is 1.58. The third kappa shape index (κ3) is 3.72. The number of anilines is 1. The number of nitriles is 1. The van der Waals surface area contributed by atoms with Gasteiger partial charge in [0.1, 0.15) is 16.8 Å². The van der Waals surface area contributed by atoms with E-state index in [4.69, 9.17) is 4.74 Å². The van der Waals surface area contributed by atoms with Gasteiger partial charge in [-0.15, -0.1) is 11.3 Å². The summed E-state index contributed by atoms with van der Waals surface area (Å²) in [5, 5.41) is 12.8. The molecule has 1 amide bonds. The molecule has 0 atom stereocenters. The fourth-order valence-corrected chi connectivity index (χ4v) is 4.20. The number of ketones is 1. The van der Waals surface area contributed by atoms with Gasteiger partial charge < -0.3 is 10.1 Å². The van der Waals surface area contributed by atoms with Crippen LogP contribution >= 0.6 is 11.3 Å². The standard InChI is InChI=1S/C19H18N2O3S/c1-24-13-7-5-12(6-8-13)16(22)9-10-18(23)21-19-15(11-20)14-3-2-4-17(14)25-19/h5-8H,2-4,9-10H2,1H3,(H,21,23). The Labute approximate surface area is 150 Å². The lowest BCUT2D eigenvalue weighted by Gasteiger charge is -2.05. The van der Waals surface area contributed by atoms with Crippen molar-refractivity contribution in [2.24, 2.45) is 0 Å². The van der Waals surface area contributed by atoms with E-state index < -0.39 is 0 Å². The van der Waals surface area contributed by atoms with Gasteiger partial charge >= 0.3 is 0 Å². The Kier molecular flexibility index (Phi) is 5.15. The van der Waals surface area contributed by atoms with Crippen molar-refractivity contribution in [1.82, 2.24) is 0 Å². The van der Waals surface area contributed by atoms with Crippen LogP contribution in [0, 0.1) is 11.3 Å². The highest BCUT2D eigenvalue weighted by Crippen LogP contribution is 2.38. The predicted octanol–water partition coefficient (Wildman–Crippen LogP) is 3.72. The molecule has 6 heteroatoms. The zero-order chi connectivity index (χ0) is 17.8. The first kappa shape index (κ1) is 17.2. The van der Waals surface area contributed by atoms with E-state index in [1.807, 2.05) is 0 Å². The maximum absolute atomic E-state index is 12.2. The molecule has 1 aromatic carbocycles. The lowest BCUT2D eigenvalue weighted by Crippen LogP contribution is -2.13. The van der Waals surface area contributed by atoms with Crippen LogP contribution in [0.5, 0.6) is 5.75 Å². The highest BCUT2D eigenvalue weighted by molar-refractivity contribution is 7.16. The molecule has 0 aliphatic heterocycles. The Morgan fingerprint density at radius 2 is 2.00 bits per heavy atom. The van der Waals surface area contributed by atoms with Crippen molar-refractivity contribution in [3.63, 3.8) is 0 Å². The van der Waals surface area contributed by atoms with Crippen LogP contribution in [0.15, 0.2) is 24.3 Å². The number of Topliss-reactive ketones (excluding diaryl/α,β-unsaturated/α-hetero) is 1. The summed E-state index contributed by atoms with van der Waals surface area (Å²) >= 11 is 1.48. The van der Waals surface area contributed by atoms with Crippen molar-refractivity contribution < 1.29 is 14.3 Å². The van der Waals surface area contributed by atoms with Gasteiger partial charge in [0.15, 0.2) is 5.78 Å². The van der Waals surface area contributed by atoms with Gasteiger partial charge in [0.05, 0.1) is 12.7 Å². The molecule has 1 heterocycles. The number of nitrogens with zero attached hydrogens (tertiary/aromatic N) is 1. The van der Waals surface area contributed by atoms with Crippen molar-refractivity contribution in [1.29, 1.82) is 5.26 Å². The van der Waals surface area contributed by atoms with Crippen LogP contribution in [0.2, 0.25) is 0 Å². The van der Waals surface area contributed by atoms with E-state index in [1.165, 1.54) is 16.2 Å². The number of benzene rings is 1. The first-order valence-corrected chi connectivity index (χ1v) is 8.95. The second-order valence-corrected chi connectivity index (χ2v) is 6.98. The topological polar surface area (TPSA) is 79.2 Å². The van der Waals surface area contributed by atoms with Crippen molar-refractivity contribution in [3.8, 4) is 11.8 Å². The number of aryl methyl sites for hydroxylation is 1. The second kappa shape index (κ2) is 7.49. The number of amides is 1. The first-order valence-electron chi connectivity index (χ1n) is 8.14. The number of methoxy groups -OCH3 is 1. The van der Waals surface area contributed by atoms with Gasteiger partial charge in [-0.25, -0.2) is 0 Å². The van der Waals surface area contributed by atoms with Crippen molar-refractivity contribution in [2.75, 3.05) is 12.4 Å². The number of ether oxygens (including phenoxy) is 1. The molecule has 5 nitrogen and oxygen atoms in total. The number of carbonyl (C=O) groups excluding carboxylic acids is 2. The van der Waals surface area contributed by atoms with Crippen LogP contribution in [0.1, 0.15) is 45.6 Å². The normalized spacial score (nSPS) is 12.3. The molecule has 0 saturated heterocycles. The van der Waals surface area contributed by atoms with Gasteiger partial charge in [0.25, 0.3) is 0 Å². The molecule has 1 aliphatic rings. The molecule has 1 aliphatic carbocycles. The van der Waals surface area contributed by atoms with Gasteiger partial charge in [-0.3, -0.25) is 9.59 Å². The Morgan fingerprint density at radius 1 is 1.24 bits per heavy atom. The molecule has 0 fully saturated rings. The summed E-state index contributed by atoms with van der Waals surface area (Å²) < 4.78 is 5.06. The molecular formula is C19H18N2O3S. The fraction of sp³-hybridized carbons (Fsp3) is 0.316. The molecule has 0 radical (unpaired) electrons. The third-order valence-electron chi connectivity index (χ3n) is 4.28. The SMILES string of the molecule is COc1ccc(C(=O)CCC(=O)Nc2sc3c(c2C#N)CCC3)cc1. The van der Waals surface area contributed by atoms with E-state index >= 15 is 0 Å². The van der Waals surface area contributed by atoms with Crippen LogP contribution in [0.4, 0.5) is 5.00 Å². The van der Waals surface area contributed by atoms with Crippen LogP contribution in [-0.2, 0) is 17.6 Å². The van der Waals surface area contributed by atoms with E-state index in [2.05, 4.69) is 11.4 Å². The molecule has 1 N–H and O–H groups in total. The number of hydrogen-bond donors (Lipinski definition) is 1. The van der Waals surface area contributed by atoms with Gasteiger partial charge in [-0.1, -0.05) is 0 Å². The zero-order valence-electron chi connectivity index (χ0n) is 13.9. The first-order chi connectivity index (χ1) is 12.1. The molecule has 0 unspecified atom stereocenters. The third-order valence-corrected chi connectivity index (χ3v) is 5.48. The van der Waals surface area contributed by atoms with E-state index in [0.29, 0.717) is 21.9 Å². The van der Waals surface area contributed by atoms with Crippen LogP contribution in [-0.4, -0.2) is 18.8 Å². The van der Waals surface area contributed by atoms with E-state index in [-0.39, 0.29) is 24.5 Å². The average molecular weight is 354 g/mol. The Hall–Kier alpha value is -2.65. The van der Waals surface area contributed by atoms with Crippen LogP contribution in [0.25, 0.3) is 0 Å². The monoisotopic (exact) mass is 354 g/mol. The summed E-state index contributed by atoms with van der Waals surface area (Å²) in [6, 6.07) is 9.03. The summed E-state index contributed by atoms with van der Waals surface area (Å²) in [6.07, 6.45) is 3.17. The minimum Gasteiger partial charge on any atom is -0.497 e.